The summed E-state index contributed by atoms with van der Waals surface area (Å²) in [7, 11) is -3.89. The number of hydrogen-bond donors (Lipinski definition) is 3. The van der Waals surface area contributed by atoms with Crippen molar-refractivity contribution in [3.63, 3.8) is 0 Å². The van der Waals surface area contributed by atoms with Gasteiger partial charge in [0.05, 0.1) is 6.10 Å². The van der Waals surface area contributed by atoms with E-state index in [0.29, 0.717) is 0 Å². The fourth-order valence-electron chi connectivity index (χ4n) is 1.88. The van der Waals surface area contributed by atoms with Crippen LogP contribution in [0.4, 0.5) is 0 Å². The Morgan fingerprint density at radius 3 is 2.53 bits per heavy atom. The Morgan fingerprint density at radius 1 is 1.37 bits per heavy atom. The molecule has 19 heavy (non-hydrogen) atoms. The summed E-state index contributed by atoms with van der Waals surface area (Å²) < 4.78 is 26.1. The van der Waals surface area contributed by atoms with E-state index < -0.39 is 21.6 Å². The number of rotatable bonds is 7. The first kappa shape index (κ1) is 15.9. The zero-order chi connectivity index (χ0) is 14.5. The van der Waals surface area contributed by atoms with E-state index in [1.165, 1.54) is 6.20 Å². The molecule has 0 saturated carbocycles. The highest BCUT2D eigenvalue weighted by Gasteiger charge is 2.21. The van der Waals surface area contributed by atoms with Crippen molar-refractivity contribution >= 4 is 10.0 Å². The smallest absolute Gasteiger partial charge is 0.246 e. The van der Waals surface area contributed by atoms with Crippen molar-refractivity contribution < 1.29 is 13.5 Å². The van der Waals surface area contributed by atoms with Crippen molar-refractivity contribution in [2.45, 2.75) is 37.7 Å². The first-order valence-corrected chi connectivity index (χ1v) is 7.75. The van der Waals surface area contributed by atoms with Crippen LogP contribution in [0.15, 0.2) is 28.2 Å². The minimum atomic E-state index is -3.89. The number of nitrogens with one attached hydrogen (secondary N) is 2. The van der Waals surface area contributed by atoms with Crippen molar-refractivity contribution in [1.82, 2.24) is 9.71 Å². The zero-order valence-electron chi connectivity index (χ0n) is 11.1. The lowest BCUT2D eigenvalue weighted by molar-refractivity contribution is 0.107. The predicted octanol–water partition coefficient (Wildman–Crippen LogP) is 0.450. The summed E-state index contributed by atoms with van der Waals surface area (Å²) in [5, 5.41) is 9.88. The average molecular weight is 288 g/mol. The molecule has 0 aliphatic rings. The maximum Gasteiger partial charge on any atom is 0.246 e. The van der Waals surface area contributed by atoms with Gasteiger partial charge in [-0.05, 0) is 5.92 Å². The predicted molar refractivity (Wildman–Crippen MR) is 72.3 cm³/mol. The Labute approximate surface area is 112 Å². The monoisotopic (exact) mass is 288 g/mol. The number of aliphatic hydroxyl groups is 1. The molecule has 0 aromatic carbocycles. The summed E-state index contributed by atoms with van der Waals surface area (Å²) in [6, 6.07) is 1.14. The summed E-state index contributed by atoms with van der Waals surface area (Å²) in [5.74, 6) is 0.0387. The molecule has 0 saturated heterocycles. The highest BCUT2D eigenvalue weighted by molar-refractivity contribution is 7.89. The van der Waals surface area contributed by atoms with Crippen molar-refractivity contribution in [3.8, 4) is 0 Å². The third kappa shape index (κ3) is 4.15. The van der Waals surface area contributed by atoms with Gasteiger partial charge in [0.15, 0.2) is 0 Å². The summed E-state index contributed by atoms with van der Waals surface area (Å²) in [6.45, 7) is 3.78. The van der Waals surface area contributed by atoms with Crippen molar-refractivity contribution in [3.05, 3.63) is 28.7 Å². The van der Waals surface area contributed by atoms with Gasteiger partial charge in [-0.1, -0.05) is 26.7 Å². The molecule has 1 aromatic heterocycles. The van der Waals surface area contributed by atoms with Crippen LogP contribution in [-0.2, 0) is 10.0 Å². The maximum absolute atomic E-state index is 11.9. The third-order valence-corrected chi connectivity index (χ3v) is 4.60. The standard InChI is InChI=1S/C12H20N2O4S/c1-3-9(4-2)11(16)7-14-19(17,18)12-8-13-6-5-10(12)15/h5-6,8-9,11,14,16H,3-4,7H2,1-2H3,(H,13,15). The number of aromatic nitrogens is 1. The maximum atomic E-state index is 11.9. The second kappa shape index (κ2) is 6.83. The number of pyridine rings is 1. The van der Waals surface area contributed by atoms with Crippen LogP contribution in [0, 0.1) is 5.92 Å². The van der Waals surface area contributed by atoms with Crippen LogP contribution >= 0.6 is 0 Å². The topological polar surface area (TPSA) is 99.3 Å². The normalized spacial score (nSPS) is 13.7. The van der Waals surface area contributed by atoms with Gasteiger partial charge in [0.1, 0.15) is 4.90 Å². The van der Waals surface area contributed by atoms with Gasteiger partial charge in [-0.2, -0.15) is 0 Å². The van der Waals surface area contributed by atoms with Crippen LogP contribution in [0.25, 0.3) is 0 Å². The Balaban J connectivity index is 2.77. The molecule has 0 radical (unpaired) electrons. The summed E-state index contributed by atoms with van der Waals surface area (Å²) in [6.07, 6.45) is 3.28. The number of aromatic amines is 1. The van der Waals surface area contributed by atoms with Gasteiger partial charge < -0.3 is 10.1 Å². The second-order valence-corrected chi connectivity index (χ2v) is 6.10. The molecule has 1 atom stereocenters. The van der Waals surface area contributed by atoms with E-state index in [4.69, 9.17) is 0 Å². The Bertz CT molecular complexity index is 549. The van der Waals surface area contributed by atoms with E-state index in [9.17, 15) is 18.3 Å². The molecule has 6 nitrogen and oxygen atoms in total. The summed E-state index contributed by atoms with van der Waals surface area (Å²) in [4.78, 5) is 13.7. The Kier molecular flexibility index (Phi) is 5.71. The van der Waals surface area contributed by atoms with Crippen molar-refractivity contribution in [2.75, 3.05) is 6.54 Å². The fourth-order valence-corrected chi connectivity index (χ4v) is 2.98. The van der Waals surface area contributed by atoms with E-state index in [-0.39, 0.29) is 17.4 Å². The minimum absolute atomic E-state index is 0.0387. The number of hydrogen-bond acceptors (Lipinski definition) is 4. The van der Waals surface area contributed by atoms with Gasteiger partial charge in [0, 0.05) is 25.0 Å². The van der Waals surface area contributed by atoms with E-state index in [0.717, 1.165) is 25.1 Å². The van der Waals surface area contributed by atoms with Crippen LogP contribution in [0.5, 0.6) is 0 Å². The molecule has 1 unspecified atom stereocenters. The molecule has 3 N–H and O–H groups in total. The van der Waals surface area contributed by atoms with Crippen LogP contribution < -0.4 is 10.2 Å². The largest absolute Gasteiger partial charge is 0.391 e. The van der Waals surface area contributed by atoms with Gasteiger partial charge in [-0.15, -0.1) is 0 Å². The first-order chi connectivity index (χ1) is 8.92. The van der Waals surface area contributed by atoms with Crippen molar-refractivity contribution in [2.24, 2.45) is 5.92 Å². The van der Waals surface area contributed by atoms with E-state index in [1.807, 2.05) is 13.8 Å². The van der Waals surface area contributed by atoms with Gasteiger partial charge in [-0.3, -0.25) is 4.79 Å². The minimum Gasteiger partial charge on any atom is -0.391 e. The molecule has 1 aromatic rings. The van der Waals surface area contributed by atoms with Gasteiger partial charge >= 0.3 is 0 Å². The Hall–Kier alpha value is -1.18. The van der Waals surface area contributed by atoms with E-state index >= 15 is 0 Å². The van der Waals surface area contributed by atoms with Gasteiger partial charge in [0.25, 0.3) is 0 Å². The molecule has 0 amide bonds. The number of aliphatic hydroxyl groups excluding tert-OH is 1. The second-order valence-electron chi connectivity index (χ2n) is 4.37. The lowest BCUT2D eigenvalue weighted by Crippen LogP contribution is -2.37. The molecule has 0 spiro atoms. The van der Waals surface area contributed by atoms with Crippen LogP contribution in [-0.4, -0.2) is 31.2 Å². The average Bonchev–Trinajstić information content (AvgIpc) is 2.38. The molecular weight excluding hydrogens is 268 g/mol. The molecule has 7 heteroatoms. The van der Waals surface area contributed by atoms with Crippen LogP contribution in [0.2, 0.25) is 0 Å². The molecule has 0 aliphatic carbocycles. The lowest BCUT2D eigenvalue weighted by atomic mass is 9.97. The highest BCUT2D eigenvalue weighted by Crippen LogP contribution is 2.13. The van der Waals surface area contributed by atoms with E-state index in [1.54, 1.807) is 0 Å². The summed E-state index contributed by atoms with van der Waals surface area (Å²) >= 11 is 0. The van der Waals surface area contributed by atoms with Gasteiger partial charge in [0.2, 0.25) is 15.5 Å². The molecule has 108 valence electrons. The quantitative estimate of drug-likeness (QED) is 0.678. The lowest BCUT2D eigenvalue weighted by Gasteiger charge is -2.20. The van der Waals surface area contributed by atoms with Crippen LogP contribution in [0.1, 0.15) is 26.7 Å². The van der Waals surface area contributed by atoms with Crippen molar-refractivity contribution in [1.29, 1.82) is 0 Å². The molecule has 0 aliphatic heterocycles. The molecule has 1 heterocycles. The summed E-state index contributed by atoms with van der Waals surface area (Å²) in [5.41, 5.74) is -0.580. The molecule has 1 rings (SSSR count). The molecular formula is C12H20N2O4S. The van der Waals surface area contributed by atoms with E-state index in [2.05, 4.69) is 9.71 Å². The number of sulfonamides is 1. The third-order valence-electron chi connectivity index (χ3n) is 3.15. The SMILES string of the molecule is CCC(CC)C(O)CNS(=O)(=O)c1c[nH]ccc1=O. The highest BCUT2D eigenvalue weighted by atomic mass is 32.2. The van der Waals surface area contributed by atoms with Crippen LogP contribution in [0.3, 0.4) is 0 Å². The number of H-pyrrole nitrogens is 1. The fraction of sp³-hybridized carbons (Fsp3) is 0.583. The van der Waals surface area contributed by atoms with Gasteiger partial charge in [-0.25, -0.2) is 13.1 Å². The Morgan fingerprint density at radius 2 is 2.00 bits per heavy atom. The zero-order valence-corrected chi connectivity index (χ0v) is 11.9. The molecule has 0 fully saturated rings. The first-order valence-electron chi connectivity index (χ1n) is 6.27. The molecule has 0 bridgehead atoms.